The van der Waals surface area contributed by atoms with Gasteiger partial charge in [0.15, 0.2) is 5.78 Å². The molecule has 0 aromatic heterocycles. The molecule has 164 valence electrons. The number of ketones is 1. The summed E-state index contributed by atoms with van der Waals surface area (Å²) in [4.78, 5) is 44.0. The molecule has 3 aliphatic rings. The minimum atomic E-state index is -0.912. The Labute approximate surface area is 190 Å². The predicted molar refractivity (Wildman–Crippen MR) is 120 cm³/mol. The normalized spacial score (nSPS) is 26.8. The summed E-state index contributed by atoms with van der Waals surface area (Å²) in [6.07, 6.45) is 4.21. The lowest BCUT2D eigenvalue weighted by Gasteiger charge is -2.37. The molecule has 2 aromatic rings. The fraction of sp³-hybridized carbons (Fsp3) is 0.320. The molecule has 0 spiro atoms. The number of amides is 2. The minimum Gasteiger partial charge on any atom is -0.352 e. The molecule has 3 heterocycles. The van der Waals surface area contributed by atoms with Crippen molar-refractivity contribution in [1.82, 2.24) is 4.90 Å². The number of carbonyl (C=O) groups is 3. The monoisotopic (exact) mass is 452 g/mol. The lowest BCUT2D eigenvalue weighted by molar-refractivity contribution is -0.142. The largest absolute Gasteiger partial charge is 0.352 e. The number of imide groups is 1. The van der Waals surface area contributed by atoms with Crippen LogP contribution in [0, 0.1) is 17.7 Å². The van der Waals surface area contributed by atoms with Gasteiger partial charge in [-0.3, -0.25) is 19.3 Å². The number of hydrogen-bond donors (Lipinski definition) is 0. The van der Waals surface area contributed by atoms with Gasteiger partial charge < -0.3 is 4.90 Å². The summed E-state index contributed by atoms with van der Waals surface area (Å²) in [6, 6.07) is 9.40. The van der Waals surface area contributed by atoms with E-state index in [2.05, 4.69) is 0 Å². The van der Waals surface area contributed by atoms with Crippen molar-refractivity contribution >= 4 is 41.0 Å². The Bertz CT molecular complexity index is 1180. The molecular formula is C25H22ClFN2O3. The van der Waals surface area contributed by atoms with E-state index in [1.807, 2.05) is 24.8 Å². The molecular weight excluding hydrogens is 431 g/mol. The van der Waals surface area contributed by atoms with E-state index >= 15 is 0 Å². The lowest BCUT2D eigenvalue weighted by atomic mass is 9.86. The van der Waals surface area contributed by atoms with Gasteiger partial charge in [-0.25, -0.2) is 4.39 Å². The summed E-state index contributed by atoms with van der Waals surface area (Å²) in [5, 5.41) is 0.292. The highest BCUT2D eigenvalue weighted by molar-refractivity contribution is 6.34. The number of hydrogen-bond acceptors (Lipinski definition) is 4. The Balaban J connectivity index is 1.68. The first-order valence-electron chi connectivity index (χ1n) is 10.8. The molecule has 7 heteroatoms. The number of nitrogens with zero attached hydrogens (tertiary/aromatic N) is 2. The first kappa shape index (κ1) is 20.9. The zero-order valence-electron chi connectivity index (χ0n) is 17.7. The molecule has 2 fully saturated rings. The van der Waals surface area contributed by atoms with E-state index < -0.39 is 29.7 Å². The van der Waals surface area contributed by atoms with Crippen LogP contribution in [-0.2, 0) is 9.59 Å². The summed E-state index contributed by atoms with van der Waals surface area (Å²) >= 11 is 6.34. The smallest absolute Gasteiger partial charge is 0.236 e. The second-order valence-electron chi connectivity index (χ2n) is 8.60. The molecule has 5 nitrogen and oxygen atoms in total. The van der Waals surface area contributed by atoms with Crippen molar-refractivity contribution in [3.05, 3.63) is 70.5 Å². The molecule has 0 bridgehead atoms. The van der Waals surface area contributed by atoms with Crippen molar-refractivity contribution in [3.8, 4) is 0 Å². The average molecular weight is 453 g/mol. The van der Waals surface area contributed by atoms with Gasteiger partial charge in [-0.15, -0.1) is 0 Å². The Morgan fingerprint density at radius 1 is 1.12 bits per heavy atom. The number of carbonyl (C=O) groups excluding carboxylic acids is 3. The van der Waals surface area contributed by atoms with E-state index in [0.29, 0.717) is 28.3 Å². The highest BCUT2D eigenvalue weighted by atomic mass is 35.5. The van der Waals surface area contributed by atoms with Gasteiger partial charge in [0, 0.05) is 22.9 Å². The van der Waals surface area contributed by atoms with E-state index in [1.54, 1.807) is 36.4 Å². The number of anilines is 1. The zero-order chi connectivity index (χ0) is 22.7. The molecule has 5 rings (SSSR count). The number of benzene rings is 2. The van der Waals surface area contributed by atoms with Crippen molar-refractivity contribution in [1.29, 1.82) is 0 Å². The van der Waals surface area contributed by atoms with Gasteiger partial charge in [-0.2, -0.15) is 0 Å². The van der Waals surface area contributed by atoms with Gasteiger partial charge in [0.2, 0.25) is 11.8 Å². The fourth-order valence-electron chi connectivity index (χ4n) is 5.30. The number of rotatable bonds is 4. The maximum Gasteiger partial charge on any atom is 0.236 e. The van der Waals surface area contributed by atoms with E-state index in [0.717, 1.165) is 0 Å². The fourth-order valence-corrected chi connectivity index (χ4v) is 5.53. The van der Waals surface area contributed by atoms with Crippen LogP contribution in [0.15, 0.2) is 48.5 Å². The van der Waals surface area contributed by atoms with Gasteiger partial charge in [0.05, 0.1) is 22.9 Å². The molecule has 0 aliphatic carbocycles. The summed E-state index contributed by atoms with van der Waals surface area (Å²) in [5.74, 6) is -2.80. The second-order valence-corrected chi connectivity index (χ2v) is 9.01. The summed E-state index contributed by atoms with van der Waals surface area (Å²) < 4.78 is 13.9. The molecule has 3 aliphatic heterocycles. The average Bonchev–Trinajstić information content (AvgIpc) is 3.26. The standard InChI is InChI=1S/C25H22ClFN2O3/c1-3-13(2)28-24(31)20-19-10-8-14-12-15(27)9-11-18(14)29(19)22(21(20)25(28)32)23(30)16-6-4-5-7-17(16)26/h4-13,19-22H,3H2,1-2H3/t13-,19+,20+,21-,22+/m1/s1. The molecule has 0 unspecified atom stereocenters. The quantitative estimate of drug-likeness (QED) is 0.511. The van der Waals surface area contributed by atoms with Crippen LogP contribution in [0.4, 0.5) is 10.1 Å². The third-order valence-electron chi connectivity index (χ3n) is 6.94. The molecule has 0 radical (unpaired) electrons. The summed E-state index contributed by atoms with van der Waals surface area (Å²) in [5.41, 5.74) is 1.55. The van der Waals surface area contributed by atoms with Gasteiger partial charge in [-0.1, -0.05) is 42.8 Å². The van der Waals surface area contributed by atoms with Crippen LogP contribution < -0.4 is 4.90 Å². The molecule has 2 aromatic carbocycles. The van der Waals surface area contributed by atoms with Crippen molar-refractivity contribution in [2.45, 2.75) is 38.4 Å². The van der Waals surface area contributed by atoms with E-state index in [1.165, 1.54) is 17.0 Å². The molecule has 5 atom stereocenters. The zero-order valence-corrected chi connectivity index (χ0v) is 18.4. The van der Waals surface area contributed by atoms with Crippen LogP contribution in [0.1, 0.15) is 36.2 Å². The van der Waals surface area contributed by atoms with Crippen molar-refractivity contribution in [2.75, 3.05) is 4.90 Å². The Morgan fingerprint density at radius 2 is 1.84 bits per heavy atom. The minimum absolute atomic E-state index is 0.251. The predicted octanol–water partition coefficient (Wildman–Crippen LogP) is 4.35. The van der Waals surface area contributed by atoms with Crippen molar-refractivity contribution < 1.29 is 18.8 Å². The van der Waals surface area contributed by atoms with Crippen LogP contribution >= 0.6 is 11.6 Å². The van der Waals surface area contributed by atoms with Crippen LogP contribution in [0.5, 0.6) is 0 Å². The summed E-state index contributed by atoms with van der Waals surface area (Å²) in [7, 11) is 0. The van der Waals surface area contributed by atoms with Crippen LogP contribution in [0.25, 0.3) is 6.08 Å². The Kier molecular flexibility index (Phi) is 4.93. The van der Waals surface area contributed by atoms with Gasteiger partial charge in [-0.05, 0) is 43.7 Å². The van der Waals surface area contributed by atoms with Crippen molar-refractivity contribution in [3.63, 3.8) is 0 Å². The van der Waals surface area contributed by atoms with Crippen LogP contribution in [0.2, 0.25) is 5.02 Å². The highest BCUT2D eigenvalue weighted by Crippen LogP contribution is 2.49. The molecule has 2 amide bonds. The topological polar surface area (TPSA) is 57.7 Å². The van der Waals surface area contributed by atoms with Crippen LogP contribution in [0.3, 0.4) is 0 Å². The maximum atomic E-state index is 13.9. The van der Waals surface area contributed by atoms with Gasteiger partial charge >= 0.3 is 0 Å². The Morgan fingerprint density at radius 3 is 2.56 bits per heavy atom. The SMILES string of the molecule is CC[C@@H](C)N1C(=O)[C@@H]2[C@@H](C1=O)[C@@H]1C=Cc3cc(F)ccc3N1[C@@H]2C(=O)c1ccccc1Cl. The first-order chi connectivity index (χ1) is 15.3. The molecule has 0 N–H and O–H groups in total. The number of halogens is 2. The molecule has 0 saturated carbocycles. The molecule has 2 saturated heterocycles. The number of likely N-dealkylation sites (tertiary alicyclic amines) is 1. The highest BCUT2D eigenvalue weighted by Gasteiger charge is 2.64. The van der Waals surface area contributed by atoms with Crippen molar-refractivity contribution in [2.24, 2.45) is 11.8 Å². The second kappa shape index (κ2) is 7.55. The third-order valence-corrected chi connectivity index (χ3v) is 7.27. The van der Waals surface area contributed by atoms with E-state index in [-0.39, 0.29) is 23.6 Å². The summed E-state index contributed by atoms with van der Waals surface area (Å²) in [6.45, 7) is 3.76. The maximum absolute atomic E-state index is 13.9. The van der Waals surface area contributed by atoms with Gasteiger partial charge in [0.1, 0.15) is 11.9 Å². The first-order valence-corrected chi connectivity index (χ1v) is 11.1. The third kappa shape index (κ3) is 2.85. The number of Topliss-reactive ketones (excluding diaryl/α,β-unsaturated/α-hetero) is 1. The van der Waals surface area contributed by atoms with Crippen LogP contribution in [-0.4, -0.2) is 40.6 Å². The number of fused-ring (bicyclic) bond motifs is 5. The Hall–Kier alpha value is -2.99. The van der Waals surface area contributed by atoms with E-state index in [4.69, 9.17) is 11.6 Å². The van der Waals surface area contributed by atoms with E-state index in [9.17, 15) is 18.8 Å². The lowest BCUT2D eigenvalue weighted by Crippen LogP contribution is -2.50. The molecule has 32 heavy (non-hydrogen) atoms. The van der Waals surface area contributed by atoms with Gasteiger partial charge in [0.25, 0.3) is 0 Å².